The molecule has 0 unspecified atom stereocenters. The van der Waals surface area contributed by atoms with Crippen LogP contribution in [-0.4, -0.2) is 16.5 Å². The van der Waals surface area contributed by atoms with Crippen molar-refractivity contribution in [1.82, 2.24) is 4.98 Å². The third kappa shape index (κ3) is 3.35. The van der Waals surface area contributed by atoms with Gasteiger partial charge in [-0.3, -0.25) is 10.1 Å². The monoisotopic (exact) mass is 265 g/mol. The highest BCUT2D eigenvalue weighted by atomic mass is 35.5. The van der Waals surface area contributed by atoms with Crippen LogP contribution in [0.15, 0.2) is 11.3 Å². The smallest absolute Gasteiger partial charge is 0.258 e. The van der Waals surface area contributed by atoms with E-state index < -0.39 is 4.92 Å². The van der Waals surface area contributed by atoms with Gasteiger partial charge in [-0.1, -0.05) is 28.6 Å². The number of nitrogens with zero attached hydrogens (tertiary/aromatic N) is 5. The molecule has 0 atom stereocenters. The number of halogens is 1. The second kappa shape index (κ2) is 6.45. The summed E-state index contributed by atoms with van der Waals surface area (Å²) in [5.74, 6) is 5.48. The van der Waals surface area contributed by atoms with Crippen LogP contribution < -0.4 is 0 Å². The summed E-state index contributed by atoms with van der Waals surface area (Å²) in [5, 5.41) is 14.0. The van der Waals surface area contributed by atoms with E-state index in [-0.39, 0.29) is 17.4 Å². The Morgan fingerprint density at radius 3 is 3.06 bits per heavy atom. The zero-order valence-corrected chi connectivity index (χ0v) is 10.2. The Bertz CT molecular complexity index is 584. The van der Waals surface area contributed by atoms with Gasteiger partial charge in [-0.2, -0.15) is 0 Å². The Hall–Kier alpha value is -2.29. The molecule has 0 fully saturated rings. The molecule has 1 heterocycles. The first-order valence-corrected chi connectivity index (χ1v) is 5.25. The molecule has 7 nitrogen and oxygen atoms in total. The molecule has 0 aliphatic rings. The van der Waals surface area contributed by atoms with Crippen molar-refractivity contribution in [2.45, 2.75) is 13.3 Å². The van der Waals surface area contributed by atoms with Crippen molar-refractivity contribution in [2.24, 2.45) is 5.11 Å². The van der Waals surface area contributed by atoms with Gasteiger partial charge in [0.15, 0.2) is 0 Å². The summed E-state index contributed by atoms with van der Waals surface area (Å²) >= 11 is 5.64. The standard InChI is InChI=1S/C10H8ClN5O2/c1-7-8(4-2-3-5-14-15-12)6-13-10(11)9(7)16(17)18/h6H,3,5H2,1H3. The van der Waals surface area contributed by atoms with E-state index in [9.17, 15) is 10.1 Å². The van der Waals surface area contributed by atoms with Crippen LogP contribution in [0.5, 0.6) is 0 Å². The van der Waals surface area contributed by atoms with Crippen LogP contribution in [-0.2, 0) is 0 Å². The second-order valence-corrected chi connectivity index (χ2v) is 3.56. The van der Waals surface area contributed by atoms with Gasteiger partial charge in [0, 0.05) is 29.6 Å². The molecule has 1 aromatic rings. The quantitative estimate of drug-likeness (QED) is 0.123. The van der Waals surface area contributed by atoms with Gasteiger partial charge in [-0.05, 0) is 12.5 Å². The third-order valence-electron chi connectivity index (χ3n) is 2.07. The molecule has 0 bridgehead atoms. The minimum Gasteiger partial charge on any atom is -0.258 e. The summed E-state index contributed by atoms with van der Waals surface area (Å²) in [7, 11) is 0. The van der Waals surface area contributed by atoms with E-state index in [1.807, 2.05) is 0 Å². The van der Waals surface area contributed by atoms with Gasteiger partial charge >= 0.3 is 5.69 Å². The van der Waals surface area contributed by atoms with Crippen molar-refractivity contribution in [2.75, 3.05) is 6.54 Å². The predicted molar refractivity (Wildman–Crippen MR) is 66.1 cm³/mol. The van der Waals surface area contributed by atoms with Crippen molar-refractivity contribution < 1.29 is 4.92 Å². The molecule has 0 saturated carbocycles. The Morgan fingerprint density at radius 2 is 2.44 bits per heavy atom. The highest BCUT2D eigenvalue weighted by Gasteiger charge is 2.19. The van der Waals surface area contributed by atoms with Crippen molar-refractivity contribution >= 4 is 17.3 Å². The van der Waals surface area contributed by atoms with Crippen molar-refractivity contribution in [1.29, 1.82) is 0 Å². The Labute approximate surface area is 108 Å². The highest BCUT2D eigenvalue weighted by molar-refractivity contribution is 6.31. The maximum absolute atomic E-state index is 10.8. The lowest BCUT2D eigenvalue weighted by molar-refractivity contribution is -0.385. The molecular formula is C10H8ClN5O2. The molecule has 8 heteroatoms. The first-order chi connectivity index (χ1) is 8.57. The summed E-state index contributed by atoms with van der Waals surface area (Å²) in [6.45, 7) is 1.81. The molecule has 0 aliphatic carbocycles. The zero-order valence-electron chi connectivity index (χ0n) is 9.42. The predicted octanol–water partition coefficient (Wildman–Crippen LogP) is 3.00. The molecular weight excluding hydrogens is 258 g/mol. The van der Waals surface area contributed by atoms with Gasteiger partial charge < -0.3 is 0 Å². The fraction of sp³-hybridized carbons (Fsp3) is 0.300. The van der Waals surface area contributed by atoms with Gasteiger partial charge in [-0.15, -0.1) is 0 Å². The maximum atomic E-state index is 10.8. The molecule has 0 saturated heterocycles. The first kappa shape index (κ1) is 13.8. The number of hydrogen-bond donors (Lipinski definition) is 0. The molecule has 1 aromatic heterocycles. The van der Waals surface area contributed by atoms with Gasteiger partial charge in [-0.25, -0.2) is 4.98 Å². The van der Waals surface area contributed by atoms with E-state index in [1.165, 1.54) is 6.20 Å². The largest absolute Gasteiger partial charge is 0.310 e. The molecule has 0 aliphatic heterocycles. The van der Waals surface area contributed by atoms with E-state index in [1.54, 1.807) is 6.92 Å². The van der Waals surface area contributed by atoms with Crippen LogP contribution in [0, 0.1) is 28.9 Å². The molecule has 92 valence electrons. The van der Waals surface area contributed by atoms with Gasteiger partial charge in [0.1, 0.15) is 0 Å². The van der Waals surface area contributed by atoms with Gasteiger partial charge in [0.2, 0.25) is 5.15 Å². The topological polar surface area (TPSA) is 105 Å². The molecule has 1 rings (SSSR count). The second-order valence-electron chi connectivity index (χ2n) is 3.20. The average Bonchev–Trinajstić information content (AvgIpc) is 2.31. The summed E-state index contributed by atoms with van der Waals surface area (Å²) in [4.78, 5) is 16.5. The molecule has 0 amide bonds. The number of pyridine rings is 1. The lowest BCUT2D eigenvalue weighted by atomic mass is 10.1. The molecule has 18 heavy (non-hydrogen) atoms. The number of rotatable bonds is 3. The number of aromatic nitrogens is 1. The van der Waals surface area contributed by atoms with Crippen molar-refractivity contribution in [3.8, 4) is 11.8 Å². The molecule has 0 radical (unpaired) electrons. The van der Waals surface area contributed by atoms with E-state index in [0.29, 0.717) is 17.5 Å². The lowest BCUT2D eigenvalue weighted by Crippen LogP contribution is -1.97. The maximum Gasteiger partial charge on any atom is 0.310 e. The number of nitro groups is 1. The SMILES string of the molecule is Cc1c(C#CCCN=[N+]=[N-])cnc(Cl)c1[N+](=O)[O-]. The van der Waals surface area contributed by atoms with Crippen molar-refractivity contribution in [3.05, 3.63) is 43.0 Å². The van der Waals surface area contributed by atoms with Crippen LogP contribution >= 0.6 is 11.6 Å². The third-order valence-corrected chi connectivity index (χ3v) is 2.34. The summed E-state index contributed by atoms with van der Waals surface area (Å²) < 4.78 is 0. The Balaban J connectivity index is 3.01. The molecule has 0 N–H and O–H groups in total. The van der Waals surface area contributed by atoms with Crippen LogP contribution in [0.3, 0.4) is 0 Å². The Kier molecular flexibility index (Phi) is 4.93. The normalized spacial score (nSPS) is 9.00. The molecule has 0 spiro atoms. The summed E-state index contributed by atoms with van der Waals surface area (Å²) in [6.07, 6.45) is 1.76. The van der Waals surface area contributed by atoms with E-state index in [4.69, 9.17) is 17.1 Å². The zero-order chi connectivity index (χ0) is 13.5. The average molecular weight is 266 g/mol. The fourth-order valence-electron chi connectivity index (χ4n) is 1.21. The van der Waals surface area contributed by atoms with E-state index in [2.05, 4.69) is 26.9 Å². The van der Waals surface area contributed by atoms with E-state index in [0.717, 1.165) is 0 Å². The highest BCUT2D eigenvalue weighted by Crippen LogP contribution is 2.27. The first-order valence-electron chi connectivity index (χ1n) is 4.87. The molecule has 0 aromatic carbocycles. The lowest BCUT2D eigenvalue weighted by Gasteiger charge is -2.00. The minimum atomic E-state index is -0.587. The van der Waals surface area contributed by atoms with Gasteiger partial charge in [0.05, 0.1) is 10.5 Å². The van der Waals surface area contributed by atoms with Crippen LogP contribution in [0.4, 0.5) is 5.69 Å². The Morgan fingerprint density at radius 1 is 1.72 bits per heavy atom. The summed E-state index contributed by atoms with van der Waals surface area (Å²) in [5.41, 5.74) is 8.64. The number of hydrogen-bond acceptors (Lipinski definition) is 4. The summed E-state index contributed by atoms with van der Waals surface area (Å²) in [6, 6.07) is 0. The van der Waals surface area contributed by atoms with E-state index >= 15 is 0 Å². The fourth-order valence-corrected chi connectivity index (χ4v) is 1.47. The number of azide groups is 1. The van der Waals surface area contributed by atoms with Crippen LogP contribution in [0.2, 0.25) is 5.15 Å². The van der Waals surface area contributed by atoms with Gasteiger partial charge in [0.25, 0.3) is 0 Å². The van der Waals surface area contributed by atoms with Crippen molar-refractivity contribution in [3.63, 3.8) is 0 Å². The minimum absolute atomic E-state index is 0.155. The van der Waals surface area contributed by atoms with Crippen LogP contribution in [0.1, 0.15) is 17.5 Å². The van der Waals surface area contributed by atoms with Crippen LogP contribution in [0.25, 0.3) is 10.4 Å².